The van der Waals surface area contributed by atoms with E-state index >= 15 is 0 Å². The van der Waals surface area contributed by atoms with E-state index in [-0.39, 0.29) is 23.7 Å². The Hall–Kier alpha value is -3.39. The van der Waals surface area contributed by atoms with E-state index in [0.717, 1.165) is 39.5 Å². The predicted octanol–water partition coefficient (Wildman–Crippen LogP) is 3.94. The van der Waals surface area contributed by atoms with Gasteiger partial charge in [0.2, 0.25) is 5.43 Å². The number of amides is 1. The maximum atomic E-state index is 13.5. The van der Waals surface area contributed by atoms with Gasteiger partial charge < -0.3 is 14.7 Å². The molecule has 2 saturated carbocycles. The molecule has 0 spiro atoms. The van der Waals surface area contributed by atoms with Gasteiger partial charge >= 0.3 is 0 Å². The van der Waals surface area contributed by atoms with E-state index in [9.17, 15) is 14.7 Å². The molecule has 5 heterocycles. The molecule has 4 bridgehead atoms. The Labute approximate surface area is 213 Å². The summed E-state index contributed by atoms with van der Waals surface area (Å²) in [6, 6.07) is 7.18. The van der Waals surface area contributed by atoms with Crippen LogP contribution in [0.25, 0.3) is 0 Å². The molecule has 2 aromatic rings. The number of thioether (sulfide) groups is 1. The van der Waals surface area contributed by atoms with E-state index < -0.39 is 11.2 Å². The number of carbonyl (C=O) groups excluding carboxylic acids is 1. The minimum Gasteiger partial charge on any atom is -0.502 e. The third-order valence-corrected chi connectivity index (χ3v) is 9.40. The molecule has 0 saturated heterocycles. The molecule has 5 atom stereocenters. The van der Waals surface area contributed by atoms with Crippen LogP contribution in [0.1, 0.15) is 41.0 Å². The van der Waals surface area contributed by atoms with Gasteiger partial charge in [-0.2, -0.15) is 0 Å². The van der Waals surface area contributed by atoms with Gasteiger partial charge in [0.25, 0.3) is 5.91 Å². The molecule has 8 heteroatoms. The molecule has 36 heavy (non-hydrogen) atoms. The van der Waals surface area contributed by atoms with Crippen molar-refractivity contribution in [1.82, 2.24) is 9.58 Å². The van der Waals surface area contributed by atoms with Crippen molar-refractivity contribution in [2.45, 2.75) is 31.2 Å². The lowest BCUT2D eigenvalue weighted by Gasteiger charge is -2.45. The molecule has 4 aliphatic heterocycles. The van der Waals surface area contributed by atoms with Gasteiger partial charge in [0.05, 0.1) is 0 Å². The highest BCUT2D eigenvalue weighted by Crippen LogP contribution is 2.71. The second kappa shape index (κ2) is 7.80. The van der Waals surface area contributed by atoms with Crippen LogP contribution in [0.4, 0.5) is 0 Å². The number of ether oxygens (including phenoxy) is 1. The van der Waals surface area contributed by atoms with Crippen molar-refractivity contribution in [1.29, 1.82) is 0 Å². The third-order valence-electron chi connectivity index (χ3n) is 8.24. The quantitative estimate of drug-likeness (QED) is 0.638. The lowest BCUT2D eigenvalue weighted by Crippen LogP contribution is -2.56. The Morgan fingerprint density at radius 3 is 2.86 bits per heavy atom. The van der Waals surface area contributed by atoms with Gasteiger partial charge in [-0.1, -0.05) is 30.9 Å². The molecule has 184 valence electrons. The van der Waals surface area contributed by atoms with Gasteiger partial charge in [0, 0.05) is 46.9 Å². The largest absolute Gasteiger partial charge is 0.502 e. The zero-order valence-corrected chi connectivity index (χ0v) is 20.8. The van der Waals surface area contributed by atoms with Crippen molar-refractivity contribution in [3.63, 3.8) is 0 Å². The van der Waals surface area contributed by atoms with Crippen molar-refractivity contribution in [2.75, 3.05) is 18.2 Å². The van der Waals surface area contributed by atoms with Crippen molar-refractivity contribution >= 4 is 17.7 Å². The molecule has 2 fully saturated rings. The fourth-order valence-electron chi connectivity index (χ4n) is 6.21. The molecule has 1 aromatic heterocycles. The molecular weight excluding hydrogens is 474 g/mol. The highest BCUT2D eigenvalue weighted by Gasteiger charge is 2.75. The first-order valence-electron chi connectivity index (χ1n) is 12.4. The summed E-state index contributed by atoms with van der Waals surface area (Å²) in [6.45, 7) is 7.43. The Kier molecular flexibility index (Phi) is 4.74. The molecular formula is C28H27N3O4S. The number of benzene rings is 1. The average molecular weight is 502 g/mol. The first-order valence-corrected chi connectivity index (χ1v) is 13.4. The van der Waals surface area contributed by atoms with Crippen molar-refractivity contribution in [2.24, 2.45) is 17.8 Å². The van der Waals surface area contributed by atoms with Crippen LogP contribution in [0.15, 0.2) is 70.5 Å². The van der Waals surface area contributed by atoms with Gasteiger partial charge in [-0.25, -0.2) is 0 Å². The van der Waals surface area contributed by atoms with E-state index in [2.05, 4.69) is 24.8 Å². The van der Waals surface area contributed by atoms with Gasteiger partial charge in [0.15, 0.2) is 11.4 Å². The zero-order valence-electron chi connectivity index (χ0n) is 20.0. The Bertz CT molecular complexity index is 1430. The van der Waals surface area contributed by atoms with E-state index in [1.807, 2.05) is 30.2 Å². The summed E-state index contributed by atoms with van der Waals surface area (Å²) < 4.78 is 8.27. The molecule has 8 rings (SSSR count). The highest BCUT2D eigenvalue weighted by atomic mass is 32.2. The molecule has 0 radical (unpaired) electrons. The van der Waals surface area contributed by atoms with Crippen LogP contribution in [-0.2, 0) is 5.75 Å². The van der Waals surface area contributed by atoms with Crippen LogP contribution in [-0.4, -0.2) is 39.9 Å². The number of pyridine rings is 1. The highest BCUT2D eigenvalue weighted by molar-refractivity contribution is 8.02. The fourth-order valence-corrected chi connectivity index (χ4v) is 7.25. The molecule has 2 aliphatic carbocycles. The fraction of sp³-hybridized carbons (Fsp3) is 0.357. The van der Waals surface area contributed by atoms with Crippen molar-refractivity contribution < 1.29 is 14.6 Å². The van der Waals surface area contributed by atoms with E-state index in [1.54, 1.807) is 27.5 Å². The number of nitrogens with zero attached hydrogens (tertiary/aromatic N) is 3. The summed E-state index contributed by atoms with van der Waals surface area (Å²) in [4.78, 5) is 28.7. The summed E-state index contributed by atoms with van der Waals surface area (Å²) in [6.07, 6.45) is 8.81. The molecule has 6 aliphatic rings. The van der Waals surface area contributed by atoms with E-state index in [4.69, 9.17) is 4.74 Å². The molecule has 1 N–H and O–H groups in total. The topological polar surface area (TPSA) is 75.0 Å². The Morgan fingerprint density at radius 2 is 2.06 bits per heavy atom. The first kappa shape index (κ1) is 21.9. The number of rotatable bonds is 1. The van der Waals surface area contributed by atoms with Gasteiger partial charge in [-0.15, -0.1) is 11.8 Å². The van der Waals surface area contributed by atoms with Crippen LogP contribution >= 0.6 is 11.8 Å². The number of fused-ring (bicyclic) bond motifs is 2. The second-order valence-corrected chi connectivity index (χ2v) is 11.2. The van der Waals surface area contributed by atoms with Crippen LogP contribution in [0, 0.1) is 17.8 Å². The lowest BCUT2D eigenvalue weighted by molar-refractivity contribution is 0.0663. The second-order valence-electron chi connectivity index (χ2n) is 10.2. The average Bonchev–Trinajstić information content (AvgIpc) is 3.77. The normalized spacial score (nSPS) is 31.0. The number of hydrogen-bond donors (Lipinski definition) is 1. The minimum absolute atomic E-state index is 0.00766. The monoisotopic (exact) mass is 501 g/mol. The summed E-state index contributed by atoms with van der Waals surface area (Å²) in [5, 5.41) is 12.8. The van der Waals surface area contributed by atoms with E-state index in [1.165, 1.54) is 6.07 Å². The predicted molar refractivity (Wildman–Crippen MR) is 139 cm³/mol. The summed E-state index contributed by atoms with van der Waals surface area (Å²) in [5.74, 6) is 2.50. The smallest absolute Gasteiger partial charge is 0.277 e. The van der Waals surface area contributed by atoms with Crippen molar-refractivity contribution in [3.05, 3.63) is 92.8 Å². The first-order chi connectivity index (χ1) is 17.5. The molecule has 7 nitrogen and oxygen atoms in total. The lowest BCUT2D eigenvalue weighted by atomic mass is 9.93. The number of hydrogen-bond acceptors (Lipinski definition) is 6. The van der Waals surface area contributed by atoms with Crippen LogP contribution in [0.2, 0.25) is 0 Å². The molecule has 1 aromatic carbocycles. The van der Waals surface area contributed by atoms with E-state index in [0.29, 0.717) is 31.0 Å². The number of aromatic nitrogens is 1. The minimum atomic E-state index is -0.558. The number of allylic oxidation sites excluding steroid dienone is 3. The van der Waals surface area contributed by atoms with Gasteiger partial charge in [-0.3, -0.25) is 19.3 Å². The standard InChI is InChI=1S/C28H27N3O4S/c1-3-4-8-20-15(2)24-21-16(13-36-20)6-5-7-19(21)35-27-22-17(23(22)27)9-11-29-14-31(24)30-12-10-18(32)26(33)25(30)28(29)34/h3-8,10,12,17,22-24,27,33H,2,9,11,13-14H2,1H3/b4-3-,20-8+/t17-,22-,23?,24+,27?/m0/s1. The third kappa shape index (κ3) is 3.06. The zero-order chi connectivity index (χ0) is 24.7. The Morgan fingerprint density at radius 1 is 1.22 bits per heavy atom. The maximum absolute atomic E-state index is 13.5. The SMILES string of the molecule is C=C1/C(=C\C=C/C)SCc2cccc3c2[C@@H]1N1CN(CC[C@@H]2C4C(O3)[C@H]42)C(=O)c2c(O)c(=O)ccn21. The summed E-state index contributed by atoms with van der Waals surface area (Å²) in [5.41, 5.74) is 2.54. The summed E-state index contributed by atoms with van der Waals surface area (Å²) >= 11 is 1.74. The summed E-state index contributed by atoms with van der Waals surface area (Å²) in [7, 11) is 0. The van der Waals surface area contributed by atoms with Crippen LogP contribution in [0.5, 0.6) is 11.5 Å². The van der Waals surface area contributed by atoms with Crippen molar-refractivity contribution in [3.8, 4) is 11.5 Å². The van der Waals surface area contributed by atoms with Crippen LogP contribution in [0.3, 0.4) is 0 Å². The van der Waals surface area contributed by atoms with Gasteiger partial charge in [0.1, 0.15) is 24.6 Å². The Balaban J connectivity index is 1.47. The maximum Gasteiger partial charge on any atom is 0.277 e. The van der Waals surface area contributed by atoms with Crippen LogP contribution < -0.4 is 15.2 Å². The molecule has 1 amide bonds. The van der Waals surface area contributed by atoms with Gasteiger partial charge in [-0.05, 0) is 42.5 Å². The molecule has 2 unspecified atom stereocenters. The number of aromatic hydroxyl groups is 1. The number of carbonyl (C=O) groups is 1.